The Balaban J connectivity index is 1.83. The predicted molar refractivity (Wildman–Crippen MR) is 144 cm³/mol. The van der Waals surface area contributed by atoms with E-state index in [-0.39, 0.29) is 28.5 Å². The van der Waals surface area contributed by atoms with E-state index >= 15 is 0 Å². The zero-order valence-electron chi connectivity index (χ0n) is 21.0. The first-order valence-corrected chi connectivity index (χ1v) is 11.6. The lowest BCUT2D eigenvalue weighted by atomic mass is 9.86. The third kappa shape index (κ3) is 6.69. The van der Waals surface area contributed by atoms with E-state index in [9.17, 15) is 9.59 Å². The van der Waals surface area contributed by atoms with E-state index in [0.29, 0.717) is 11.3 Å². The number of hydrogen-bond acceptors (Lipinski definition) is 5. The second-order valence-electron chi connectivity index (χ2n) is 9.28. The Hall–Kier alpha value is -4.13. The van der Waals surface area contributed by atoms with Crippen LogP contribution in [-0.4, -0.2) is 15.5 Å². The number of nitrogens with zero attached hydrogens (tertiary/aromatic N) is 2. The van der Waals surface area contributed by atoms with Crippen LogP contribution in [0, 0.1) is 0 Å². The number of rotatable bonds is 8. The van der Waals surface area contributed by atoms with E-state index in [0.717, 1.165) is 23.4 Å². The van der Waals surface area contributed by atoms with Crippen LogP contribution in [0.2, 0.25) is 0 Å². The summed E-state index contributed by atoms with van der Waals surface area (Å²) in [5.74, 6) is 0.0906. The van der Waals surface area contributed by atoms with Crippen LogP contribution in [0.5, 0.6) is 0 Å². The molecule has 0 aliphatic carbocycles. The van der Waals surface area contributed by atoms with Gasteiger partial charge in [0.05, 0.1) is 0 Å². The molecule has 3 aromatic rings. The van der Waals surface area contributed by atoms with Crippen molar-refractivity contribution in [2.75, 3.05) is 16.0 Å². The molecule has 3 N–H and O–H groups in total. The van der Waals surface area contributed by atoms with Gasteiger partial charge in [0.2, 0.25) is 0 Å². The maximum atomic E-state index is 12.9. The average Bonchev–Trinajstić information content (AvgIpc) is 2.81. The van der Waals surface area contributed by atoms with Crippen molar-refractivity contribution in [3.05, 3.63) is 101 Å². The molecule has 7 heteroatoms. The van der Waals surface area contributed by atoms with Crippen molar-refractivity contribution >= 4 is 28.9 Å². The number of aryl methyl sites for hydroxylation is 1. The number of amides is 1. The van der Waals surface area contributed by atoms with E-state index < -0.39 is 0 Å². The Morgan fingerprint density at radius 3 is 2.49 bits per heavy atom. The maximum absolute atomic E-state index is 12.9. The first-order valence-electron chi connectivity index (χ1n) is 11.6. The van der Waals surface area contributed by atoms with Crippen LogP contribution in [0.4, 0.5) is 23.0 Å². The summed E-state index contributed by atoms with van der Waals surface area (Å²) in [6, 6.07) is 15.0. The summed E-state index contributed by atoms with van der Waals surface area (Å²) < 4.78 is 1.39. The Labute approximate surface area is 206 Å². The van der Waals surface area contributed by atoms with Crippen molar-refractivity contribution in [1.29, 1.82) is 0 Å². The van der Waals surface area contributed by atoms with Gasteiger partial charge < -0.3 is 20.5 Å². The molecular formula is C28H33N5O2. The smallest absolute Gasteiger partial charge is 0.293 e. The number of allylic oxidation sites excluding steroid dienone is 2. The molecule has 0 aliphatic heterocycles. The molecule has 0 spiro atoms. The fourth-order valence-corrected chi connectivity index (χ4v) is 3.45. The fourth-order valence-electron chi connectivity index (χ4n) is 3.45. The highest BCUT2D eigenvalue weighted by Gasteiger charge is 2.17. The molecule has 0 unspecified atom stereocenters. The van der Waals surface area contributed by atoms with Crippen LogP contribution >= 0.6 is 0 Å². The lowest BCUT2D eigenvalue weighted by Crippen LogP contribution is -2.24. The second-order valence-corrected chi connectivity index (χ2v) is 9.28. The van der Waals surface area contributed by atoms with Gasteiger partial charge in [-0.05, 0) is 53.8 Å². The number of hydrogen-bond donors (Lipinski definition) is 3. The molecule has 0 saturated carbocycles. The Morgan fingerprint density at radius 1 is 1.09 bits per heavy atom. The normalized spacial score (nSPS) is 11.6. The number of nitrogens with one attached hydrogen (secondary N) is 3. The van der Waals surface area contributed by atoms with Crippen molar-refractivity contribution in [3.8, 4) is 0 Å². The molecule has 0 radical (unpaired) electrons. The van der Waals surface area contributed by atoms with Crippen LogP contribution < -0.4 is 21.5 Å². The molecule has 0 aliphatic rings. The molecule has 7 nitrogen and oxygen atoms in total. The molecule has 0 atom stereocenters. The summed E-state index contributed by atoms with van der Waals surface area (Å²) in [6.45, 7) is 12.2. The highest BCUT2D eigenvalue weighted by molar-refractivity contribution is 6.03. The van der Waals surface area contributed by atoms with Gasteiger partial charge in [0, 0.05) is 35.9 Å². The lowest BCUT2D eigenvalue weighted by Gasteiger charge is -2.19. The van der Waals surface area contributed by atoms with Gasteiger partial charge in [0.25, 0.3) is 11.5 Å². The summed E-state index contributed by atoms with van der Waals surface area (Å²) in [7, 11) is 1.62. The Morgan fingerprint density at radius 2 is 1.80 bits per heavy atom. The topological polar surface area (TPSA) is 88.1 Å². The number of carbonyl (C=O) groups excluding carboxylic acids is 1. The third-order valence-corrected chi connectivity index (χ3v) is 5.36. The van der Waals surface area contributed by atoms with E-state index in [1.54, 1.807) is 19.2 Å². The molecule has 1 amide bonds. The molecular weight excluding hydrogens is 438 g/mol. The van der Waals surface area contributed by atoms with Crippen LogP contribution in [0.1, 0.15) is 50.0 Å². The summed E-state index contributed by atoms with van der Waals surface area (Å²) in [5, 5.41) is 9.18. The minimum absolute atomic E-state index is 0.0789. The molecule has 3 rings (SSSR count). The standard InChI is InChI=1S/C28H33N5O2/c1-7-11-21(8-2)29-22-14-10-15-23(17-22)30-25-27(35)33(6)18-24(31-25)32-26(34)19-12-9-13-20(16-19)28(3,4)5/h8-18,29H,2,7H2,1,3-6H3,(H,30,31)(H,32,34)/b21-11-. The predicted octanol–water partition coefficient (Wildman–Crippen LogP) is 5.97. The highest BCUT2D eigenvalue weighted by atomic mass is 16.2. The van der Waals surface area contributed by atoms with Gasteiger partial charge in [0.1, 0.15) is 0 Å². The molecule has 35 heavy (non-hydrogen) atoms. The molecule has 2 aromatic carbocycles. The van der Waals surface area contributed by atoms with Gasteiger partial charge in [-0.2, -0.15) is 0 Å². The van der Waals surface area contributed by atoms with E-state index in [4.69, 9.17) is 0 Å². The number of aromatic nitrogens is 2. The largest absolute Gasteiger partial charge is 0.356 e. The quantitative estimate of drug-likeness (QED) is 0.353. The zero-order valence-corrected chi connectivity index (χ0v) is 21.0. The average molecular weight is 472 g/mol. The number of benzene rings is 2. The van der Waals surface area contributed by atoms with Crippen LogP contribution in [-0.2, 0) is 12.5 Å². The summed E-state index contributed by atoms with van der Waals surface area (Å²) in [6.07, 6.45) is 6.17. The number of anilines is 4. The van der Waals surface area contributed by atoms with Crippen molar-refractivity contribution < 1.29 is 4.79 Å². The fraction of sp³-hybridized carbons (Fsp3) is 0.250. The minimum atomic E-state index is -0.311. The van der Waals surface area contributed by atoms with Crippen molar-refractivity contribution in [2.24, 2.45) is 7.05 Å². The lowest BCUT2D eigenvalue weighted by molar-refractivity contribution is 0.102. The van der Waals surface area contributed by atoms with Crippen molar-refractivity contribution in [3.63, 3.8) is 0 Å². The van der Waals surface area contributed by atoms with Crippen LogP contribution in [0.15, 0.2) is 84.0 Å². The van der Waals surface area contributed by atoms with E-state index in [1.807, 2.05) is 48.5 Å². The van der Waals surface area contributed by atoms with Crippen LogP contribution in [0.3, 0.4) is 0 Å². The van der Waals surface area contributed by atoms with Crippen molar-refractivity contribution in [1.82, 2.24) is 9.55 Å². The van der Waals surface area contributed by atoms with Crippen molar-refractivity contribution in [2.45, 2.75) is 39.5 Å². The van der Waals surface area contributed by atoms with Gasteiger partial charge in [0.15, 0.2) is 11.6 Å². The molecule has 182 valence electrons. The molecule has 0 bridgehead atoms. The molecule has 0 saturated heterocycles. The molecule has 1 aromatic heterocycles. The monoisotopic (exact) mass is 471 g/mol. The third-order valence-electron chi connectivity index (χ3n) is 5.36. The van der Waals surface area contributed by atoms with E-state index in [2.05, 4.69) is 55.2 Å². The van der Waals surface area contributed by atoms with E-state index in [1.165, 1.54) is 10.8 Å². The van der Waals surface area contributed by atoms with Gasteiger partial charge in [-0.3, -0.25) is 9.59 Å². The summed E-state index contributed by atoms with van der Waals surface area (Å²) in [4.78, 5) is 30.0. The van der Waals surface area contributed by atoms with Gasteiger partial charge in [-0.15, -0.1) is 0 Å². The SMILES string of the molecule is C=C/C(=C/CC)Nc1cccc(Nc2nc(NC(=O)c3cccc(C(C)(C)C)c3)cn(C)c2=O)c1. The second kappa shape index (κ2) is 10.9. The first-order chi connectivity index (χ1) is 16.6. The molecule has 1 heterocycles. The maximum Gasteiger partial charge on any atom is 0.293 e. The van der Waals surface area contributed by atoms with Gasteiger partial charge >= 0.3 is 0 Å². The van der Waals surface area contributed by atoms with Gasteiger partial charge in [-0.25, -0.2) is 4.98 Å². The first kappa shape index (κ1) is 25.5. The summed E-state index contributed by atoms with van der Waals surface area (Å²) in [5.41, 5.74) is 3.62. The zero-order chi connectivity index (χ0) is 25.6. The highest BCUT2D eigenvalue weighted by Crippen LogP contribution is 2.23. The Kier molecular flexibility index (Phi) is 7.91. The molecule has 0 fully saturated rings. The van der Waals surface area contributed by atoms with Gasteiger partial charge in [-0.1, -0.05) is 58.5 Å². The number of carbonyl (C=O) groups is 1. The Bertz CT molecular complexity index is 1320. The summed E-state index contributed by atoms with van der Waals surface area (Å²) >= 11 is 0. The minimum Gasteiger partial charge on any atom is -0.356 e. The van der Waals surface area contributed by atoms with Crippen LogP contribution in [0.25, 0.3) is 0 Å².